The molecule has 21 heavy (non-hydrogen) atoms. The lowest BCUT2D eigenvalue weighted by molar-refractivity contribution is -0.128. The average Bonchev–Trinajstić information content (AvgIpc) is 2.53. The Kier molecular flexibility index (Phi) is 4.88. The van der Waals surface area contributed by atoms with Crippen molar-refractivity contribution in [2.45, 2.75) is 17.7 Å². The number of piperazine rings is 1. The summed E-state index contributed by atoms with van der Waals surface area (Å²) in [6, 6.07) is 6.26. The predicted molar refractivity (Wildman–Crippen MR) is 88.8 cm³/mol. The third kappa shape index (κ3) is 3.44. The highest BCUT2D eigenvalue weighted by Gasteiger charge is 2.19. The van der Waals surface area contributed by atoms with Gasteiger partial charge >= 0.3 is 0 Å². The van der Waals surface area contributed by atoms with E-state index in [2.05, 4.69) is 29.6 Å². The van der Waals surface area contributed by atoms with E-state index in [1.165, 1.54) is 5.56 Å². The molecule has 1 fully saturated rings. The molecule has 0 saturated carbocycles. The van der Waals surface area contributed by atoms with Crippen molar-refractivity contribution in [2.24, 2.45) is 0 Å². The van der Waals surface area contributed by atoms with Gasteiger partial charge in [0.05, 0.1) is 5.75 Å². The first-order valence-corrected chi connectivity index (χ1v) is 8.71. The van der Waals surface area contributed by atoms with Gasteiger partial charge in [0.2, 0.25) is 5.91 Å². The number of nitrogens with zero attached hydrogens (tertiary/aromatic N) is 1. The molecule has 3 rings (SSSR count). The van der Waals surface area contributed by atoms with Crippen LogP contribution in [0.15, 0.2) is 29.2 Å². The highest BCUT2D eigenvalue weighted by molar-refractivity contribution is 8.00. The van der Waals surface area contributed by atoms with Gasteiger partial charge in [-0.3, -0.25) is 4.79 Å². The van der Waals surface area contributed by atoms with E-state index in [9.17, 15) is 4.79 Å². The largest absolute Gasteiger partial charge is 0.339 e. The number of fused-ring (bicyclic) bond motifs is 1. The number of halogens is 1. The molecule has 1 heterocycles. The number of amides is 1. The van der Waals surface area contributed by atoms with Crippen molar-refractivity contribution in [2.75, 3.05) is 31.9 Å². The van der Waals surface area contributed by atoms with Crippen molar-refractivity contribution in [1.82, 2.24) is 10.2 Å². The molecular weight excluding hydrogens is 304 g/mol. The van der Waals surface area contributed by atoms with Crippen LogP contribution >= 0.6 is 23.4 Å². The molecule has 0 bridgehead atoms. The third-order valence-corrected chi connectivity index (χ3v) is 5.30. The Hall–Kier alpha value is -0.970. The van der Waals surface area contributed by atoms with Gasteiger partial charge in [0.1, 0.15) is 0 Å². The molecule has 112 valence electrons. The molecule has 5 heteroatoms. The Morgan fingerprint density at radius 3 is 2.95 bits per heavy atom. The Bertz CT molecular complexity index is 567. The molecule has 0 atom stereocenters. The van der Waals surface area contributed by atoms with Crippen LogP contribution in [0, 0.1) is 0 Å². The van der Waals surface area contributed by atoms with Crippen molar-refractivity contribution in [1.29, 1.82) is 0 Å². The minimum absolute atomic E-state index is 0.218. The summed E-state index contributed by atoms with van der Waals surface area (Å²) < 4.78 is 0. The Morgan fingerprint density at radius 2 is 2.14 bits per heavy atom. The summed E-state index contributed by atoms with van der Waals surface area (Å²) in [5, 5.41) is 4.09. The van der Waals surface area contributed by atoms with Gasteiger partial charge in [-0.1, -0.05) is 29.8 Å². The molecule has 0 aromatic heterocycles. The number of thioether (sulfide) groups is 1. The molecule has 1 saturated heterocycles. The quantitative estimate of drug-likeness (QED) is 0.869. The second-order valence-corrected chi connectivity index (χ2v) is 6.72. The molecule has 1 aliphatic carbocycles. The maximum absolute atomic E-state index is 12.3. The van der Waals surface area contributed by atoms with E-state index in [1.807, 2.05) is 4.90 Å². The SMILES string of the molecule is O=C(CSc1cccc2c1C(Cl)=CCC2)N1CCNCC1. The second kappa shape index (κ2) is 6.86. The fourth-order valence-electron chi connectivity index (χ4n) is 2.78. The predicted octanol–water partition coefficient (Wildman–Crippen LogP) is 2.74. The zero-order valence-electron chi connectivity index (χ0n) is 11.9. The summed E-state index contributed by atoms with van der Waals surface area (Å²) >= 11 is 7.96. The van der Waals surface area contributed by atoms with Gasteiger partial charge in [-0.15, -0.1) is 11.8 Å². The smallest absolute Gasteiger partial charge is 0.233 e. The molecule has 1 N–H and O–H groups in total. The molecule has 0 unspecified atom stereocenters. The van der Waals surface area contributed by atoms with Crippen molar-refractivity contribution in [3.05, 3.63) is 35.4 Å². The summed E-state index contributed by atoms with van der Waals surface area (Å²) in [4.78, 5) is 15.3. The number of carbonyl (C=O) groups is 1. The summed E-state index contributed by atoms with van der Waals surface area (Å²) in [7, 11) is 0. The molecule has 0 radical (unpaired) electrons. The van der Waals surface area contributed by atoms with E-state index >= 15 is 0 Å². The lowest BCUT2D eigenvalue weighted by Gasteiger charge is -2.27. The highest BCUT2D eigenvalue weighted by atomic mass is 35.5. The fourth-order valence-corrected chi connectivity index (χ4v) is 4.19. The molecule has 1 amide bonds. The van der Waals surface area contributed by atoms with E-state index in [0.717, 1.165) is 54.5 Å². The summed E-state index contributed by atoms with van der Waals surface area (Å²) in [5.41, 5.74) is 2.42. The van der Waals surface area contributed by atoms with Crippen LogP contribution in [0.5, 0.6) is 0 Å². The fraction of sp³-hybridized carbons (Fsp3) is 0.438. The lowest BCUT2D eigenvalue weighted by atomic mass is 9.97. The topological polar surface area (TPSA) is 32.3 Å². The van der Waals surface area contributed by atoms with E-state index in [4.69, 9.17) is 11.6 Å². The summed E-state index contributed by atoms with van der Waals surface area (Å²) in [6.45, 7) is 3.41. The van der Waals surface area contributed by atoms with Gasteiger partial charge in [-0.2, -0.15) is 0 Å². The monoisotopic (exact) mass is 322 g/mol. The van der Waals surface area contributed by atoms with Crippen LogP contribution in [-0.4, -0.2) is 42.7 Å². The number of allylic oxidation sites excluding steroid dienone is 1. The first kappa shape index (κ1) is 14.9. The molecule has 1 aromatic rings. The van der Waals surface area contributed by atoms with Gasteiger partial charge in [-0.25, -0.2) is 0 Å². The number of aryl methyl sites for hydroxylation is 1. The zero-order valence-corrected chi connectivity index (χ0v) is 13.5. The van der Waals surface area contributed by atoms with E-state index in [1.54, 1.807) is 11.8 Å². The van der Waals surface area contributed by atoms with E-state index < -0.39 is 0 Å². The first-order valence-electron chi connectivity index (χ1n) is 7.35. The molecule has 3 nitrogen and oxygen atoms in total. The van der Waals surface area contributed by atoms with E-state index in [-0.39, 0.29) is 5.91 Å². The van der Waals surface area contributed by atoms with Gasteiger partial charge in [-0.05, 0) is 24.5 Å². The van der Waals surface area contributed by atoms with Crippen LogP contribution in [0.4, 0.5) is 0 Å². The third-order valence-electron chi connectivity index (χ3n) is 3.91. The zero-order chi connectivity index (χ0) is 14.7. The number of hydrogen-bond acceptors (Lipinski definition) is 3. The van der Waals surface area contributed by atoms with Crippen LogP contribution < -0.4 is 5.32 Å². The summed E-state index contributed by atoms with van der Waals surface area (Å²) in [5.74, 6) is 0.704. The number of carbonyl (C=O) groups excluding carboxylic acids is 1. The number of hydrogen-bond donors (Lipinski definition) is 1. The standard InChI is InChI=1S/C16H19ClN2OS/c17-13-5-1-3-12-4-2-6-14(16(12)13)21-11-15(20)19-9-7-18-8-10-19/h2,4-6,18H,1,3,7-11H2. The average molecular weight is 323 g/mol. The van der Waals surface area contributed by atoms with E-state index in [0.29, 0.717) is 5.75 Å². The molecular formula is C16H19ClN2OS. The second-order valence-electron chi connectivity index (χ2n) is 5.30. The Labute approximate surface area is 134 Å². The van der Waals surface area contributed by atoms with Crippen molar-refractivity contribution >= 4 is 34.3 Å². The van der Waals surface area contributed by atoms with Gasteiger partial charge < -0.3 is 10.2 Å². The Morgan fingerprint density at radius 1 is 1.33 bits per heavy atom. The van der Waals surface area contributed by atoms with Gasteiger partial charge in [0.25, 0.3) is 0 Å². The summed E-state index contributed by atoms with van der Waals surface area (Å²) in [6.07, 6.45) is 4.11. The van der Waals surface area contributed by atoms with Crippen molar-refractivity contribution in [3.8, 4) is 0 Å². The van der Waals surface area contributed by atoms with Crippen molar-refractivity contribution in [3.63, 3.8) is 0 Å². The molecule has 0 spiro atoms. The number of nitrogens with one attached hydrogen (secondary N) is 1. The number of rotatable bonds is 3. The minimum atomic E-state index is 0.218. The first-order chi connectivity index (χ1) is 10.3. The lowest BCUT2D eigenvalue weighted by Crippen LogP contribution is -2.47. The van der Waals surface area contributed by atoms with Crippen molar-refractivity contribution < 1.29 is 4.79 Å². The Balaban J connectivity index is 1.69. The van der Waals surface area contributed by atoms with Crippen LogP contribution in [0.2, 0.25) is 0 Å². The van der Waals surface area contributed by atoms with Gasteiger partial charge in [0.15, 0.2) is 0 Å². The van der Waals surface area contributed by atoms with Gasteiger partial charge in [0, 0.05) is 41.7 Å². The highest BCUT2D eigenvalue weighted by Crippen LogP contribution is 2.36. The molecule has 2 aliphatic rings. The number of benzene rings is 1. The van der Waals surface area contributed by atoms with Crippen LogP contribution in [0.1, 0.15) is 17.5 Å². The normalized spacial score (nSPS) is 18.1. The van der Waals surface area contributed by atoms with Crippen LogP contribution in [0.25, 0.3) is 5.03 Å². The molecule has 1 aromatic carbocycles. The maximum atomic E-state index is 12.3. The van der Waals surface area contributed by atoms with Crippen LogP contribution in [0.3, 0.4) is 0 Å². The molecule has 1 aliphatic heterocycles. The van der Waals surface area contributed by atoms with Crippen LogP contribution in [-0.2, 0) is 11.2 Å². The minimum Gasteiger partial charge on any atom is -0.339 e. The maximum Gasteiger partial charge on any atom is 0.233 e.